The Balaban J connectivity index is 1.30. The second kappa shape index (κ2) is 9.70. The number of anilines is 3. The quantitative estimate of drug-likeness (QED) is 0.452. The molecule has 4 aromatic rings. The average molecular weight is 476 g/mol. The van der Waals surface area contributed by atoms with Gasteiger partial charge in [0.25, 0.3) is 0 Å². The van der Waals surface area contributed by atoms with E-state index < -0.39 is 0 Å². The number of thiazole rings is 1. The van der Waals surface area contributed by atoms with Crippen molar-refractivity contribution in [2.45, 2.75) is 13.0 Å². The van der Waals surface area contributed by atoms with Crippen LogP contribution in [0.15, 0.2) is 55.0 Å². The van der Waals surface area contributed by atoms with Crippen LogP contribution in [0.1, 0.15) is 6.92 Å². The molecule has 1 fully saturated rings. The molecule has 1 N–H and O–H groups in total. The average Bonchev–Trinajstić information content (AvgIpc) is 3.26. The lowest BCUT2D eigenvalue weighted by Crippen LogP contribution is -2.54. The highest BCUT2D eigenvalue weighted by Gasteiger charge is 2.27. The molecule has 9 nitrogen and oxygen atoms in total. The molecular formula is C24H25N7O2S. The van der Waals surface area contributed by atoms with Gasteiger partial charge in [-0.15, -0.1) is 0 Å². The van der Waals surface area contributed by atoms with Gasteiger partial charge >= 0.3 is 0 Å². The van der Waals surface area contributed by atoms with E-state index >= 15 is 0 Å². The van der Waals surface area contributed by atoms with Gasteiger partial charge in [-0.2, -0.15) is 0 Å². The van der Waals surface area contributed by atoms with Crippen LogP contribution in [-0.4, -0.2) is 70.1 Å². The molecule has 5 heterocycles. The van der Waals surface area contributed by atoms with Crippen molar-refractivity contribution in [1.29, 1.82) is 0 Å². The van der Waals surface area contributed by atoms with Gasteiger partial charge in [-0.05, 0) is 37.3 Å². The van der Waals surface area contributed by atoms with Crippen LogP contribution in [0.4, 0.5) is 16.6 Å². The second-order valence-corrected chi connectivity index (χ2v) is 9.09. The van der Waals surface area contributed by atoms with Crippen molar-refractivity contribution in [3.8, 4) is 11.3 Å². The molecular weight excluding hydrogens is 450 g/mol. The van der Waals surface area contributed by atoms with E-state index in [0.717, 1.165) is 51.3 Å². The fourth-order valence-corrected chi connectivity index (χ4v) is 4.96. The van der Waals surface area contributed by atoms with Gasteiger partial charge in [0, 0.05) is 68.7 Å². The van der Waals surface area contributed by atoms with Crippen LogP contribution in [0, 0.1) is 0 Å². The highest BCUT2D eigenvalue weighted by molar-refractivity contribution is 7.21. The summed E-state index contributed by atoms with van der Waals surface area (Å²) in [6.07, 6.45) is 5.31. The molecule has 1 atom stereocenters. The number of fused-ring (bicyclic) bond motifs is 1. The van der Waals surface area contributed by atoms with E-state index in [1.54, 1.807) is 25.7 Å². The molecule has 1 saturated heterocycles. The Morgan fingerprint density at radius 2 is 2.00 bits per heavy atom. The number of rotatable bonds is 6. The number of carbonyl (C=O) groups excluding carboxylic acids is 1. The summed E-state index contributed by atoms with van der Waals surface area (Å²) >= 11 is 1.49. The predicted octanol–water partition coefficient (Wildman–Crippen LogP) is 3.58. The van der Waals surface area contributed by atoms with Gasteiger partial charge in [-0.25, -0.2) is 15.0 Å². The third-order valence-electron chi connectivity index (χ3n) is 5.79. The smallest absolute Gasteiger partial charge is 0.248 e. The van der Waals surface area contributed by atoms with Crippen LogP contribution in [0.25, 0.3) is 21.6 Å². The van der Waals surface area contributed by atoms with Crippen molar-refractivity contribution < 1.29 is 9.53 Å². The molecule has 0 spiro atoms. The van der Waals surface area contributed by atoms with Crippen molar-refractivity contribution in [2.75, 3.05) is 43.6 Å². The Morgan fingerprint density at radius 1 is 1.15 bits per heavy atom. The minimum absolute atomic E-state index is 0.0308. The number of pyridine rings is 3. The van der Waals surface area contributed by atoms with Crippen LogP contribution in [0.2, 0.25) is 0 Å². The molecule has 0 radical (unpaired) electrons. The first-order valence-corrected chi connectivity index (χ1v) is 11.9. The van der Waals surface area contributed by atoms with Gasteiger partial charge in [-0.1, -0.05) is 11.3 Å². The van der Waals surface area contributed by atoms with Crippen molar-refractivity contribution in [1.82, 2.24) is 24.8 Å². The fourth-order valence-electron chi connectivity index (χ4n) is 4.12. The molecule has 0 saturated carbocycles. The Hall–Kier alpha value is -3.63. The van der Waals surface area contributed by atoms with E-state index in [4.69, 9.17) is 9.72 Å². The van der Waals surface area contributed by atoms with Gasteiger partial charge in [0.05, 0.1) is 5.69 Å². The Labute approximate surface area is 201 Å². The van der Waals surface area contributed by atoms with Crippen molar-refractivity contribution >= 4 is 44.2 Å². The number of amides is 1. The number of hydrogen-bond acceptors (Lipinski definition) is 9. The van der Waals surface area contributed by atoms with Crippen LogP contribution in [0.5, 0.6) is 0 Å². The van der Waals surface area contributed by atoms with E-state index in [1.165, 1.54) is 11.3 Å². The molecule has 5 rings (SSSR count). The summed E-state index contributed by atoms with van der Waals surface area (Å²) in [5, 5.41) is 4.06. The van der Waals surface area contributed by atoms with Crippen molar-refractivity contribution in [3.05, 3.63) is 55.0 Å². The maximum atomic E-state index is 12.2. The molecule has 34 heavy (non-hydrogen) atoms. The van der Waals surface area contributed by atoms with Gasteiger partial charge < -0.3 is 19.9 Å². The number of aromatic nitrogens is 4. The monoisotopic (exact) mass is 475 g/mol. The van der Waals surface area contributed by atoms with E-state index in [1.807, 2.05) is 41.3 Å². The fraction of sp³-hybridized carbons (Fsp3) is 0.292. The van der Waals surface area contributed by atoms with Crippen LogP contribution in [0.3, 0.4) is 0 Å². The zero-order valence-electron chi connectivity index (χ0n) is 19.0. The Morgan fingerprint density at radius 3 is 2.79 bits per heavy atom. The van der Waals surface area contributed by atoms with Crippen LogP contribution in [-0.2, 0) is 9.53 Å². The standard InChI is InChI=1S/C24H25N7O2S/c1-16-14-30(11-12-31(16)22(32)15-33-2)18-7-10-26-21(13-18)29-24-28-20-4-3-19(27-23(20)34-24)17-5-8-25-9-6-17/h3-10,13,16H,11-12,14-15H2,1-2H3,(H,26,28,29)/t16-/m0/s1. The van der Waals surface area contributed by atoms with Crippen LogP contribution < -0.4 is 10.2 Å². The lowest BCUT2D eigenvalue weighted by Gasteiger charge is -2.41. The van der Waals surface area contributed by atoms with Gasteiger partial charge in [0.15, 0.2) is 5.13 Å². The summed E-state index contributed by atoms with van der Waals surface area (Å²) in [7, 11) is 1.55. The van der Waals surface area contributed by atoms with E-state index in [0.29, 0.717) is 6.54 Å². The number of piperazine rings is 1. The molecule has 4 aromatic heterocycles. The van der Waals surface area contributed by atoms with Crippen molar-refractivity contribution in [2.24, 2.45) is 0 Å². The number of methoxy groups -OCH3 is 1. The Bertz CT molecular complexity index is 1300. The van der Waals surface area contributed by atoms with E-state index in [-0.39, 0.29) is 18.6 Å². The first kappa shape index (κ1) is 22.2. The van der Waals surface area contributed by atoms with Crippen LogP contribution >= 0.6 is 11.3 Å². The molecule has 10 heteroatoms. The highest BCUT2D eigenvalue weighted by Crippen LogP contribution is 2.30. The summed E-state index contributed by atoms with van der Waals surface area (Å²) in [6.45, 7) is 4.36. The zero-order valence-corrected chi connectivity index (χ0v) is 19.8. The molecule has 1 amide bonds. The zero-order chi connectivity index (χ0) is 23.5. The van der Waals surface area contributed by atoms with E-state index in [9.17, 15) is 4.79 Å². The minimum atomic E-state index is 0.0308. The predicted molar refractivity (Wildman–Crippen MR) is 133 cm³/mol. The molecule has 0 aliphatic carbocycles. The molecule has 1 aliphatic rings. The topological polar surface area (TPSA) is 96.4 Å². The number of carbonyl (C=O) groups is 1. The number of nitrogens with one attached hydrogen (secondary N) is 1. The van der Waals surface area contributed by atoms with Crippen molar-refractivity contribution in [3.63, 3.8) is 0 Å². The van der Waals surface area contributed by atoms with Gasteiger partial charge in [-0.3, -0.25) is 9.78 Å². The molecule has 1 aliphatic heterocycles. The lowest BCUT2D eigenvalue weighted by atomic mass is 10.1. The molecule has 174 valence electrons. The normalized spacial score (nSPS) is 16.1. The maximum absolute atomic E-state index is 12.2. The highest BCUT2D eigenvalue weighted by atomic mass is 32.1. The molecule has 0 bridgehead atoms. The lowest BCUT2D eigenvalue weighted by molar-refractivity contribution is -0.137. The number of nitrogens with zero attached hydrogens (tertiary/aromatic N) is 6. The second-order valence-electron chi connectivity index (χ2n) is 8.12. The number of hydrogen-bond donors (Lipinski definition) is 1. The third kappa shape index (κ3) is 4.68. The summed E-state index contributed by atoms with van der Waals surface area (Å²) in [5.74, 6) is 0.750. The first-order chi connectivity index (χ1) is 16.6. The van der Waals surface area contributed by atoms with Gasteiger partial charge in [0.2, 0.25) is 5.91 Å². The largest absolute Gasteiger partial charge is 0.375 e. The van der Waals surface area contributed by atoms with Gasteiger partial charge in [0.1, 0.15) is 22.8 Å². The first-order valence-electron chi connectivity index (χ1n) is 11.0. The summed E-state index contributed by atoms with van der Waals surface area (Å²) in [6, 6.07) is 11.9. The summed E-state index contributed by atoms with van der Waals surface area (Å²) in [4.78, 5) is 35.2. The summed E-state index contributed by atoms with van der Waals surface area (Å²) in [5.41, 5.74) is 3.81. The molecule has 0 unspecified atom stereocenters. The molecule has 0 aromatic carbocycles. The minimum Gasteiger partial charge on any atom is -0.375 e. The maximum Gasteiger partial charge on any atom is 0.248 e. The number of ether oxygens (including phenoxy) is 1. The third-order valence-corrected chi connectivity index (χ3v) is 6.67. The summed E-state index contributed by atoms with van der Waals surface area (Å²) < 4.78 is 5.01. The SMILES string of the molecule is COCC(=O)N1CCN(c2ccnc(Nc3nc4ccc(-c5ccncc5)nc4s3)c2)C[C@@H]1C. The van der Waals surface area contributed by atoms with E-state index in [2.05, 4.69) is 32.1 Å². The Kier molecular flexibility index (Phi) is 6.33.